The molecule has 0 bridgehead atoms. The second kappa shape index (κ2) is 7.68. The number of aryl methyl sites for hydroxylation is 1. The predicted molar refractivity (Wildman–Crippen MR) is 81.7 cm³/mol. The van der Waals surface area contributed by atoms with Crippen LogP contribution in [0.25, 0.3) is 0 Å². The van der Waals surface area contributed by atoms with E-state index in [0.29, 0.717) is 12.5 Å². The first kappa shape index (κ1) is 16.2. The Kier molecular flexibility index (Phi) is 6.22. The fourth-order valence-corrected chi connectivity index (χ4v) is 1.96. The third-order valence-corrected chi connectivity index (χ3v) is 3.05. The normalized spacial score (nSPS) is 10.4. The molecule has 0 spiro atoms. The first-order chi connectivity index (χ1) is 9.45. The van der Waals surface area contributed by atoms with E-state index >= 15 is 0 Å². The molecule has 0 heterocycles. The highest BCUT2D eigenvalue weighted by atomic mass is 16.2. The molecule has 1 aromatic rings. The van der Waals surface area contributed by atoms with Crippen LogP contribution in [-0.2, 0) is 16.0 Å². The van der Waals surface area contributed by atoms with Crippen LogP contribution in [0.4, 0.5) is 5.69 Å². The summed E-state index contributed by atoms with van der Waals surface area (Å²) in [4.78, 5) is 25.3. The lowest BCUT2D eigenvalue weighted by atomic mass is 10.1. The molecule has 0 saturated heterocycles. The first-order valence-corrected chi connectivity index (χ1v) is 7.08. The molecule has 20 heavy (non-hydrogen) atoms. The van der Waals surface area contributed by atoms with Gasteiger partial charge in [0.25, 0.3) is 0 Å². The summed E-state index contributed by atoms with van der Waals surface area (Å²) in [5.41, 5.74) is 1.89. The van der Waals surface area contributed by atoms with Gasteiger partial charge in [0, 0.05) is 19.2 Å². The summed E-state index contributed by atoms with van der Waals surface area (Å²) in [5, 5.41) is 2.84. The molecule has 110 valence electrons. The Labute approximate surface area is 121 Å². The number of nitrogens with one attached hydrogen (secondary N) is 1. The number of carbonyl (C=O) groups excluding carboxylic acids is 2. The standard InChI is InChI=1S/C16H24N2O2/c1-5-14-8-6-7-9-15(14)18(13(4)19)11-16(20)17-10-12(2)3/h6-9,12H,5,10-11H2,1-4H3,(H,17,20). The van der Waals surface area contributed by atoms with E-state index in [9.17, 15) is 9.59 Å². The van der Waals surface area contributed by atoms with E-state index < -0.39 is 0 Å². The number of hydrogen-bond donors (Lipinski definition) is 1. The van der Waals surface area contributed by atoms with Gasteiger partial charge in [-0.1, -0.05) is 39.0 Å². The molecule has 0 saturated carbocycles. The van der Waals surface area contributed by atoms with Gasteiger partial charge in [-0.2, -0.15) is 0 Å². The lowest BCUT2D eigenvalue weighted by Gasteiger charge is -2.23. The monoisotopic (exact) mass is 276 g/mol. The van der Waals surface area contributed by atoms with Gasteiger partial charge in [-0.15, -0.1) is 0 Å². The summed E-state index contributed by atoms with van der Waals surface area (Å²) in [7, 11) is 0. The summed E-state index contributed by atoms with van der Waals surface area (Å²) in [6.45, 7) is 8.29. The smallest absolute Gasteiger partial charge is 0.240 e. The number of benzene rings is 1. The maximum atomic E-state index is 11.9. The van der Waals surface area contributed by atoms with E-state index in [1.807, 2.05) is 45.0 Å². The number of anilines is 1. The van der Waals surface area contributed by atoms with Crippen molar-refractivity contribution in [3.05, 3.63) is 29.8 Å². The van der Waals surface area contributed by atoms with Gasteiger partial charge in [-0.05, 0) is 24.0 Å². The van der Waals surface area contributed by atoms with Crippen molar-refractivity contribution in [1.82, 2.24) is 5.32 Å². The second-order valence-corrected chi connectivity index (χ2v) is 5.29. The van der Waals surface area contributed by atoms with Crippen LogP contribution in [0.1, 0.15) is 33.3 Å². The summed E-state index contributed by atoms with van der Waals surface area (Å²) in [6, 6.07) is 7.70. The molecule has 1 N–H and O–H groups in total. The van der Waals surface area contributed by atoms with E-state index in [1.54, 1.807) is 0 Å². The molecule has 0 aromatic heterocycles. The molecule has 0 unspecified atom stereocenters. The second-order valence-electron chi connectivity index (χ2n) is 5.29. The Hall–Kier alpha value is -1.84. The minimum Gasteiger partial charge on any atom is -0.354 e. The van der Waals surface area contributed by atoms with E-state index in [-0.39, 0.29) is 18.4 Å². The van der Waals surface area contributed by atoms with Gasteiger partial charge in [0.1, 0.15) is 6.54 Å². The number of hydrogen-bond acceptors (Lipinski definition) is 2. The van der Waals surface area contributed by atoms with Crippen LogP contribution < -0.4 is 10.2 Å². The van der Waals surface area contributed by atoms with Gasteiger partial charge < -0.3 is 10.2 Å². The SMILES string of the molecule is CCc1ccccc1N(CC(=O)NCC(C)C)C(C)=O. The maximum absolute atomic E-state index is 11.9. The van der Waals surface area contributed by atoms with Crippen LogP contribution in [0.15, 0.2) is 24.3 Å². The highest BCUT2D eigenvalue weighted by Crippen LogP contribution is 2.20. The highest BCUT2D eigenvalue weighted by Gasteiger charge is 2.17. The van der Waals surface area contributed by atoms with Crippen molar-refractivity contribution in [2.24, 2.45) is 5.92 Å². The largest absolute Gasteiger partial charge is 0.354 e. The number of carbonyl (C=O) groups is 2. The zero-order valence-corrected chi connectivity index (χ0v) is 12.8. The minimum atomic E-state index is -0.125. The van der Waals surface area contributed by atoms with Crippen molar-refractivity contribution in [3.63, 3.8) is 0 Å². The number of nitrogens with zero attached hydrogens (tertiary/aromatic N) is 1. The molecule has 1 rings (SSSR count). The lowest BCUT2D eigenvalue weighted by Crippen LogP contribution is -2.41. The minimum absolute atomic E-state index is 0.0685. The molecule has 4 nitrogen and oxygen atoms in total. The van der Waals surface area contributed by atoms with Crippen LogP contribution in [0.5, 0.6) is 0 Å². The molecular formula is C16H24N2O2. The molecule has 4 heteroatoms. The topological polar surface area (TPSA) is 49.4 Å². The molecule has 0 aliphatic carbocycles. The van der Waals surface area contributed by atoms with Gasteiger partial charge in [-0.3, -0.25) is 9.59 Å². The quantitative estimate of drug-likeness (QED) is 0.867. The van der Waals surface area contributed by atoms with Crippen LogP contribution in [0, 0.1) is 5.92 Å². The van der Waals surface area contributed by atoms with E-state index in [0.717, 1.165) is 17.7 Å². The van der Waals surface area contributed by atoms with Crippen molar-refractivity contribution < 1.29 is 9.59 Å². The summed E-state index contributed by atoms with van der Waals surface area (Å²) in [6.07, 6.45) is 0.827. The maximum Gasteiger partial charge on any atom is 0.240 e. The van der Waals surface area contributed by atoms with Gasteiger partial charge in [-0.25, -0.2) is 0 Å². The van der Waals surface area contributed by atoms with Crippen molar-refractivity contribution >= 4 is 17.5 Å². The van der Waals surface area contributed by atoms with E-state index in [2.05, 4.69) is 5.32 Å². The highest BCUT2D eigenvalue weighted by molar-refractivity contribution is 5.98. The first-order valence-electron chi connectivity index (χ1n) is 7.08. The molecule has 0 radical (unpaired) electrons. The van der Waals surface area contributed by atoms with Gasteiger partial charge in [0.2, 0.25) is 11.8 Å². The third kappa shape index (κ3) is 4.68. The number of rotatable bonds is 6. The van der Waals surface area contributed by atoms with E-state index in [1.165, 1.54) is 11.8 Å². The van der Waals surface area contributed by atoms with Crippen molar-refractivity contribution in [1.29, 1.82) is 0 Å². The van der Waals surface area contributed by atoms with Crippen LogP contribution >= 0.6 is 0 Å². The third-order valence-electron chi connectivity index (χ3n) is 3.05. The fraction of sp³-hybridized carbons (Fsp3) is 0.500. The molecule has 0 aliphatic rings. The fourth-order valence-electron chi connectivity index (χ4n) is 1.96. The molecule has 2 amide bonds. The van der Waals surface area contributed by atoms with Gasteiger partial charge >= 0.3 is 0 Å². The number of amides is 2. The Bertz CT molecular complexity index is 469. The Morgan fingerprint density at radius 1 is 1.25 bits per heavy atom. The summed E-state index contributed by atoms with van der Waals surface area (Å²) < 4.78 is 0. The zero-order chi connectivity index (χ0) is 15.1. The van der Waals surface area contributed by atoms with Crippen LogP contribution in [0.3, 0.4) is 0 Å². The Morgan fingerprint density at radius 3 is 2.45 bits per heavy atom. The molecule has 0 fully saturated rings. The van der Waals surface area contributed by atoms with Crippen LogP contribution in [-0.4, -0.2) is 24.9 Å². The zero-order valence-electron chi connectivity index (χ0n) is 12.8. The summed E-state index contributed by atoms with van der Waals surface area (Å²) in [5.74, 6) is 0.151. The Morgan fingerprint density at radius 2 is 1.90 bits per heavy atom. The average molecular weight is 276 g/mol. The van der Waals surface area contributed by atoms with Gasteiger partial charge in [0.15, 0.2) is 0 Å². The van der Waals surface area contributed by atoms with Crippen molar-refractivity contribution in [2.75, 3.05) is 18.0 Å². The Balaban J connectivity index is 2.84. The number of para-hydroxylation sites is 1. The molecule has 0 atom stereocenters. The van der Waals surface area contributed by atoms with E-state index in [4.69, 9.17) is 0 Å². The van der Waals surface area contributed by atoms with Crippen LogP contribution in [0.2, 0.25) is 0 Å². The average Bonchev–Trinajstić information content (AvgIpc) is 2.42. The lowest BCUT2D eigenvalue weighted by molar-refractivity contribution is -0.123. The van der Waals surface area contributed by atoms with Gasteiger partial charge in [0.05, 0.1) is 0 Å². The molecule has 0 aliphatic heterocycles. The van der Waals surface area contributed by atoms with Crippen molar-refractivity contribution in [3.8, 4) is 0 Å². The predicted octanol–water partition coefficient (Wildman–Crippen LogP) is 2.37. The molecular weight excluding hydrogens is 252 g/mol. The summed E-state index contributed by atoms with van der Waals surface area (Å²) >= 11 is 0. The van der Waals surface area contributed by atoms with Crippen molar-refractivity contribution in [2.45, 2.75) is 34.1 Å². The molecule has 1 aromatic carbocycles.